The highest BCUT2D eigenvalue weighted by atomic mass is 19.1. The molecule has 26 heavy (non-hydrogen) atoms. The topological polar surface area (TPSA) is 42.7 Å². The van der Waals surface area contributed by atoms with E-state index in [2.05, 4.69) is 14.9 Å². The summed E-state index contributed by atoms with van der Waals surface area (Å²) >= 11 is 0. The normalized spacial score (nSPS) is 19.1. The molecule has 3 heterocycles. The maximum atomic E-state index is 14.6. The number of halogens is 1. The number of imidazole rings is 1. The zero-order chi connectivity index (χ0) is 17.5. The quantitative estimate of drug-likeness (QED) is 0.572. The lowest BCUT2D eigenvalue weighted by Crippen LogP contribution is -2.27. The molecule has 5 rings (SSSR count). The molecule has 0 saturated carbocycles. The molecule has 1 aliphatic rings. The molecule has 2 aromatic carbocycles. The van der Waals surface area contributed by atoms with Gasteiger partial charge in [0.05, 0.1) is 23.1 Å². The number of aromatic nitrogens is 3. The Morgan fingerprint density at radius 2 is 1.85 bits per heavy atom. The van der Waals surface area contributed by atoms with Crippen molar-refractivity contribution in [1.29, 1.82) is 0 Å². The van der Waals surface area contributed by atoms with Gasteiger partial charge in [0.2, 0.25) is 5.95 Å². The van der Waals surface area contributed by atoms with E-state index >= 15 is 0 Å². The van der Waals surface area contributed by atoms with Gasteiger partial charge in [0, 0.05) is 18.0 Å². The van der Waals surface area contributed by atoms with Gasteiger partial charge < -0.3 is 9.88 Å². The standard InChI is InChI=1S/C21H17FN4/c22-16-8-2-1-7-15(16)20-12-18(14-6-5-11-23-13-14)25-21-24-17-9-3-4-10-19(17)26(20)21/h1-11,13,18,20H,12H2,(H,24,25)/t18-,20-/m0/s1. The number of hydrogen-bond donors (Lipinski definition) is 1. The van der Waals surface area contributed by atoms with Crippen LogP contribution in [0.2, 0.25) is 0 Å². The second-order valence-electron chi connectivity index (χ2n) is 6.55. The highest BCUT2D eigenvalue weighted by Gasteiger charge is 2.32. The molecule has 0 amide bonds. The molecule has 4 nitrogen and oxygen atoms in total. The first-order valence-corrected chi connectivity index (χ1v) is 8.69. The summed E-state index contributed by atoms with van der Waals surface area (Å²) in [5, 5.41) is 3.51. The summed E-state index contributed by atoms with van der Waals surface area (Å²) in [5.74, 6) is 0.577. The lowest BCUT2D eigenvalue weighted by molar-refractivity contribution is 0.456. The van der Waals surface area contributed by atoms with Gasteiger partial charge in [-0.3, -0.25) is 4.98 Å². The van der Waals surface area contributed by atoms with Crippen molar-refractivity contribution >= 4 is 17.0 Å². The maximum Gasteiger partial charge on any atom is 0.204 e. The first kappa shape index (κ1) is 15.1. The van der Waals surface area contributed by atoms with Gasteiger partial charge in [-0.1, -0.05) is 36.4 Å². The highest BCUT2D eigenvalue weighted by molar-refractivity contribution is 5.79. The van der Waals surface area contributed by atoms with Crippen molar-refractivity contribution in [1.82, 2.24) is 14.5 Å². The maximum absolute atomic E-state index is 14.6. The summed E-state index contributed by atoms with van der Waals surface area (Å²) < 4.78 is 16.7. The van der Waals surface area contributed by atoms with Gasteiger partial charge in [-0.05, 0) is 36.2 Å². The summed E-state index contributed by atoms with van der Waals surface area (Å²) in [6.45, 7) is 0. The Bertz CT molecular complexity index is 1070. The molecule has 1 N–H and O–H groups in total. The molecule has 0 bridgehead atoms. The fraction of sp³-hybridized carbons (Fsp3) is 0.143. The predicted molar refractivity (Wildman–Crippen MR) is 99.5 cm³/mol. The number of rotatable bonds is 2. The Morgan fingerprint density at radius 1 is 1.00 bits per heavy atom. The van der Waals surface area contributed by atoms with Crippen LogP contribution in [-0.2, 0) is 0 Å². The molecule has 0 fully saturated rings. The van der Waals surface area contributed by atoms with E-state index in [4.69, 9.17) is 4.98 Å². The fourth-order valence-corrected chi connectivity index (χ4v) is 3.82. The summed E-state index contributed by atoms with van der Waals surface area (Å²) in [7, 11) is 0. The minimum atomic E-state index is -0.187. The summed E-state index contributed by atoms with van der Waals surface area (Å²) in [4.78, 5) is 8.98. The average molecular weight is 344 g/mol. The lowest BCUT2D eigenvalue weighted by Gasteiger charge is -2.33. The molecule has 4 aromatic rings. The van der Waals surface area contributed by atoms with Gasteiger partial charge in [0.1, 0.15) is 5.82 Å². The average Bonchev–Trinajstić information content (AvgIpc) is 3.07. The zero-order valence-corrected chi connectivity index (χ0v) is 14.0. The number of pyridine rings is 1. The molecule has 0 spiro atoms. The molecule has 2 aromatic heterocycles. The van der Waals surface area contributed by atoms with Crippen molar-refractivity contribution < 1.29 is 4.39 Å². The van der Waals surface area contributed by atoms with E-state index in [0.29, 0.717) is 5.56 Å². The number of nitrogens with zero attached hydrogens (tertiary/aromatic N) is 3. The number of anilines is 1. The van der Waals surface area contributed by atoms with Gasteiger partial charge in [-0.15, -0.1) is 0 Å². The van der Waals surface area contributed by atoms with E-state index in [1.54, 1.807) is 12.3 Å². The molecular weight excluding hydrogens is 327 g/mol. The Kier molecular flexibility index (Phi) is 3.45. The molecule has 1 aliphatic heterocycles. The zero-order valence-electron chi connectivity index (χ0n) is 14.0. The van der Waals surface area contributed by atoms with Crippen molar-refractivity contribution in [3.63, 3.8) is 0 Å². The second-order valence-corrected chi connectivity index (χ2v) is 6.55. The Hall–Kier alpha value is -3.21. The number of para-hydroxylation sites is 2. The molecule has 0 aliphatic carbocycles. The monoisotopic (exact) mass is 344 g/mol. The van der Waals surface area contributed by atoms with Crippen LogP contribution < -0.4 is 5.32 Å². The molecule has 0 radical (unpaired) electrons. The van der Waals surface area contributed by atoms with Crippen LogP contribution in [0.1, 0.15) is 29.6 Å². The van der Waals surface area contributed by atoms with E-state index < -0.39 is 0 Å². The van der Waals surface area contributed by atoms with Crippen LogP contribution in [0.3, 0.4) is 0 Å². The van der Waals surface area contributed by atoms with E-state index in [1.165, 1.54) is 6.07 Å². The van der Waals surface area contributed by atoms with Gasteiger partial charge in [-0.25, -0.2) is 9.37 Å². The van der Waals surface area contributed by atoms with E-state index in [0.717, 1.165) is 29.0 Å². The number of nitrogens with one attached hydrogen (secondary N) is 1. The van der Waals surface area contributed by atoms with Crippen LogP contribution in [0.25, 0.3) is 11.0 Å². The third kappa shape index (κ3) is 2.36. The molecule has 2 atom stereocenters. The smallest absolute Gasteiger partial charge is 0.204 e. The number of hydrogen-bond acceptors (Lipinski definition) is 3. The van der Waals surface area contributed by atoms with Gasteiger partial charge in [-0.2, -0.15) is 0 Å². The molecular formula is C21H17FN4. The van der Waals surface area contributed by atoms with Crippen molar-refractivity contribution in [2.24, 2.45) is 0 Å². The second kappa shape index (κ2) is 5.95. The third-order valence-electron chi connectivity index (χ3n) is 5.02. The first-order valence-electron chi connectivity index (χ1n) is 8.69. The van der Waals surface area contributed by atoms with Crippen molar-refractivity contribution in [2.45, 2.75) is 18.5 Å². The fourth-order valence-electron chi connectivity index (χ4n) is 3.82. The minimum absolute atomic E-state index is 0.0256. The Labute approximate surface area is 150 Å². The van der Waals surface area contributed by atoms with Crippen LogP contribution in [0.15, 0.2) is 73.1 Å². The van der Waals surface area contributed by atoms with Crippen molar-refractivity contribution in [3.05, 3.63) is 90.0 Å². The largest absolute Gasteiger partial charge is 0.349 e. The first-order chi connectivity index (χ1) is 12.8. The summed E-state index contributed by atoms with van der Waals surface area (Å²) in [6, 6.07) is 18.8. The summed E-state index contributed by atoms with van der Waals surface area (Å²) in [5.41, 5.74) is 3.68. The van der Waals surface area contributed by atoms with Gasteiger partial charge >= 0.3 is 0 Å². The lowest BCUT2D eigenvalue weighted by atomic mass is 9.93. The number of fused-ring (bicyclic) bond motifs is 3. The van der Waals surface area contributed by atoms with E-state index in [-0.39, 0.29) is 17.9 Å². The molecule has 0 unspecified atom stereocenters. The third-order valence-corrected chi connectivity index (χ3v) is 5.02. The minimum Gasteiger partial charge on any atom is -0.349 e. The number of benzene rings is 2. The van der Waals surface area contributed by atoms with Crippen LogP contribution in [-0.4, -0.2) is 14.5 Å². The molecule has 128 valence electrons. The Balaban J connectivity index is 1.71. The summed E-state index contributed by atoms with van der Waals surface area (Å²) in [6.07, 6.45) is 4.34. The van der Waals surface area contributed by atoms with Crippen molar-refractivity contribution in [2.75, 3.05) is 5.32 Å². The predicted octanol–water partition coefficient (Wildman–Crippen LogP) is 4.72. The van der Waals surface area contributed by atoms with Crippen molar-refractivity contribution in [3.8, 4) is 0 Å². The van der Waals surface area contributed by atoms with E-state index in [1.807, 2.05) is 54.7 Å². The highest BCUT2D eigenvalue weighted by Crippen LogP contribution is 2.41. The van der Waals surface area contributed by atoms with Gasteiger partial charge in [0.15, 0.2) is 0 Å². The molecule has 0 saturated heterocycles. The van der Waals surface area contributed by atoms with Crippen LogP contribution >= 0.6 is 0 Å². The van der Waals surface area contributed by atoms with Crippen LogP contribution in [0.4, 0.5) is 10.3 Å². The Morgan fingerprint density at radius 3 is 2.69 bits per heavy atom. The van der Waals surface area contributed by atoms with Crippen LogP contribution in [0.5, 0.6) is 0 Å². The van der Waals surface area contributed by atoms with Crippen LogP contribution in [0, 0.1) is 5.82 Å². The molecule has 5 heteroatoms. The van der Waals surface area contributed by atoms with Gasteiger partial charge in [0.25, 0.3) is 0 Å². The van der Waals surface area contributed by atoms with E-state index in [9.17, 15) is 4.39 Å². The SMILES string of the molecule is Fc1ccccc1[C@@H]1C[C@@H](c2cccnc2)Nc2nc3ccccc3n21.